The lowest BCUT2D eigenvalue weighted by Crippen LogP contribution is -2.59. The van der Waals surface area contributed by atoms with Crippen molar-refractivity contribution in [2.24, 2.45) is 10.9 Å². The second-order valence-corrected chi connectivity index (χ2v) is 5.33. The number of hydrazone groups is 1. The minimum Gasteiger partial charge on any atom is -0.362 e. The monoisotopic (exact) mass is 338 g/mol. The van der Waals surface area contributed by atoms with E-state index in [1.54, 1.807) is 47.9 Å². The fraction of sp³-hybridized carbons (Fsp3) is 0.200. The third-order valence-corrected chi connectivity index (χ3v) is 3.86. The molecule has 2 aromatic rings. The van der Waals surface area contributed by atoms with E-state index in [0.29, 0.717) is 10.9 Å². The van der Waals surface area contributed by atoms with Gasteiger partial charge in [-0.15, -0.1) is 0 Å². The minimum absolute atomic E-state index is 0.0600. The first kappa shape index (κ1) is 16.2. The quantitative estimate of drug-likeness (QED) is 0.422. The third-order valence-electron chi connectivity index (χ3n) is 3.86. The zero-order valence-corrected chi connectivity index (χ0v) is 12.2. The van der Waals surface area contributed by atoms with Gasteiger partial charge in [-0.2, -0.15) is 23.3 Å². The number of carbonyl (C=O) groups excluding carboxylic acids is 1. The molecule has 0 bridgehead atoms. The van der Waals surface area contributed by atoms with E-state index in [2.05, 4.69) is 5.10 Å². The number of hydrogen-bond donors (Lipinski definition) is 3. The van der Waals surface area contributed by atoms with Crippen LogP contribution in [0.2, 0.25) is 0 Å². The molecule has 0 saturated carbocycles. The van der Waals surface area contributed by atoms with Crippen LogP contribution >= 0.6 is 0 Å². The standard InChI is InChI=1S/C15H13F3N4O2/c16-15(17,18)14(24)8-12(21-22(14)13(23)20-19)11-7-3-5-9-4-1-2-6-10(9)11/h1-7,24H,8,19H2,(H,20,23). The van der Waals surface area contributed by atoms with Gasteiger partial charge in [-0.3, -0.25) is 5.43 Å². The van der Waals surface area contributed by atoms with Gasteiger partial charge in [0, 0.05) is 5.56 Å². The predicted molar refractivity (Wildman–Crippen MR) is 80.7 cm³/mol. The number of hydrogen-bond acceptors (Lipinski definition) is 4. The molecule has 2 amide bonds. The summed E-state index contributed by atoms with van der Waals surface area (Å²) < 4.78 is 39.9. The smallest absolute Gasteiger partial charge is 0.362 e. The highest BCUT2D eigenvalue weighted by molar-refractivity contribution is 6.12. The molecule has 126 valence electrons. The molecule has 1 aliphatic rings. The van der Waals surface area contributed by atoms with Crippen molar-refractivity contribution in [3.05, 3.63) is 48.0 Å². The molecule has 3 rings (SSSR count). The van der Waals surface area contributed by atoms with Crippen LogP contribution in [0.4, 0.5) is 18.0 Å². The number of halogens is 3. The molecule has 1 atom stereocenters. The fourth-order valence-electron chi connectivity index (χ4n) is 2.67. The Kier molecular flexibility index (Phi) is 3.69. The maximum absolute atomic E-state index is 13.3. The first-order valence-electron chi connectivity index (χ1n) is 6.93. The first-order chi connectivity index (χ1) is 11.3. The lowest BCUT2D eigenvalue weighted by molar-refractivity contribution is -0.297. The molecule has 1 unspecified atom stereocenters. The summed E-state index contributed by atoms with van der Waals surface area (Å²) in [6.45, 7) is 0. The first-order valence-corrected chi connectivity index (χ1v) is 6.93. The highest BCUT2D eigenvalue weighted by atomic mass is 19.4. The van der Waals surface area contributed by atoms with Crippen LogP contribution in [0.3, 0.4) is 0 Å². The van der Waals surface area contributed by atoms with Gasteiger partial charge in [0.1, 0.15) is 0 Å². The number of urea groups is 1. The number of benzene rings is 2. The summed E-state index contributed by atoms with van der Waals surface area (Å²) in [5.41, 5.74) is -1.55. The van der Waals surface area contributed by atoms with Crippen LogP contribution in [0, 0.1) is 0 Å². The molecule has 9 heteroatoms. The Hall–Kier alpha value is -2.65. The summed E-state index contributed by atoms with van der Waals surface area (Å²) >= 11 is 0. The summed E-state index contributed by atoms with van der Waals surface area (Å²) in [4.78, 5) is 11.6. The number of nitrogens with one attached hydrogen (secondary N) is 1. The highest BCUT2D eigenvalue weighted by Crippen LogP contribution is 2.41. The normalized spacial score (nSPS) is 21.0. The number of rotatable bonds is 1. The van der Waals surface area contributed by atoms with Crippen LogP contribution in [-0.2, 0) is 0 Å². The van der Waals surface area contributed by atoms with E-state index in [1.165, 1.54) is 0 Å². The zero-order valence-electron chi connectivity index (χ0n) is 12.2. The summed E-state index contributed by atoms with van der Waals surface area (Å²) in [7, 11) is 0. The predicted octanol–water partition coefficient (Wildman–Crippen LogP) is 2.08. The van der Waals surface area contributed by atoms with Crippen molar-refractivity contribution in [3.63, 3.8) is 0 Å². The van der Waals surface area contributed by atoms with Crippen LogP contribution in [-0.4, -0.2) is 33.8 Å². The Labute approximate surface area is 134 Å². The van der Waals surface area contributed by atoms with Crippen molar-refractivity contribution in [1.29, 1.82) is 0 Å². The number of nitrogens with two attached hydrogens (primary N) is 1. The van der Waals surface area contributed by atoms with Crippen molar-refractivity contribution in [2.75, 3.05) is 0 Å². The Morgan fingerprint density at radius 3 is 2.58 bits per heavy atom. The lowest BCUT2D eigenvalue weighted by atomic mass is 9.96. The van der Waals surface area contributed by atoms with Crippen molar-refractivity contribution in [1.82, 2.24) is 10.4 Å². The maximum atomic E-state index is 13.3. The Balaban J connectivity index is 2.13. The Morgan fingerprint density at radius 1 is 1.25 bits per heavy atom. The van der Waals surface area contributed by atoms with E-state index in [9.17, 15) is 23.1 Å². The van der Waals surface area contributed by atoms with Crippen LogP contribution in [0.15, 0.2) is 47.6 Å². The topological polar surface area (TPSA) is 91.0 Å². The molecule has 24 heavy (non-hydrogen) atoms. The van der Waals surface area contributed by atoms with Gasteiger partial charge in [0.25, 0.3) is 5.72 Å². The van der Waals surface area contributed by atoms with Crippen LogP contribution in [0.5, 0.6) is 0 Å². The average Bonchev–Trinajstić information content (AvgIpc) is 2.92. The van der Waals surface area contributed by atoms with Crippen LogP contribution < -0.4 is 11.3 Å². The van der Waals surface area contributed by atoms with Crippen LogP contribution in [0.1, 0.15) is 12.0 Å². The second-order valence-electron chi connectivity index (χ2n) is 5.33. The zero-order chi connectivity index (χ0) is 17.5. The van der Waals surface area contributed by atoms with E-state index in [4.69, 9.17) is 5.84 Å². The lowest BCUT2D eigenvalue weighted by Gasteiger charge is -2.31. The van der Waals surface area contributed by atoms with E-state index in [0.717, 1.165) is 5.39 Å². The largest absolute Gasteiger partial charge is 0.438 e. The van der Waals surface area contributed by atoms with E-state index < -0.39 is 24.4 Å². The summed E-state index contributed by atoms with van der Waals surface area (Å²) in [6, 6.07) is 10.8. The number of carbonyl (C=O) groups is 1. The molecule has 0 fully saturated rings. The average molecular weight is 338 g/mol. The van der Waals surface area contributed by atoms with Gasteiger partial charge < -0.3 is 5.11 Å². The molecule has 2 aromatic carbocycles. The number of hydrazine groups is 1. The molecule has 1 heterocycles. The third kappa shape index (κ3) is 2.38. The van der Waals surface area contributed by atoms with Gasteiger partial charge >= 0.3 is 12.2 Å². The van der Waals surface area contributed by atoms with Gasteiger partial charge in [0.05, 0.1) is 12.1 Å². The van der Waals surface area contributed by atoms with Crippen LogP contribution in [0.25, 0.3) is 10.8 Å². The van der Waals surface area contributed by atoms with Crippen molar-refractivity contribution in [3.8, 4) is 0 Å². The molecule has 0 aromatic heterocycles. The Bertz CT molecular complexity index is 832. The van der Waals surface area contributed by atoms with Gasteiger partial charge in [0.15, 0.2) is 0 Å². The van der Waals surface area contributed by atoms with E-state index in [-0.39, 0.29) is 10.7 Å². The molecule has 6 nitrogen and oxygen atoms in total. The minimum atomic E-state index is -5.10. The fourth-order valence-corrected chi connectivity index (χ4v) is 2.67. The van der Waals surface area contributed by atoms with Crippen molar-refractivity contribution >= 4 is 22.5 Å². The molecular weight excluding hydrogens is 325 g/mol. The molecule has 0 saturated heterocycles. The molecule has 4 N–H and O–H groups in total. The number of alkyl halides is 3. The van der Waals surface area contributed by atoms with E-state index in [1.807, 2.05) is 0 Å². The Morgan fingerprint density at radius 2 is 1.92 bits per heavy atom. The summed E-state index contributed by atoms with van der Waals surface area (Å²) in [5, 5.41) is 15.2. The summed E-state index contributed by atoms with van der Waals surface area (Å²) in [5.74, 6) is 4.90. The number of fused-ring (bicyclic) bond motifs is 1. The number of nitrogens with zero attached hydrogens (tertiary/aromatic N) is 2. The van der Waals surface area contributed by atoms with Crippen molar-refractivity contribution in [2.45, 2.75) is 18.3 Å². The maximum Gasteiger partial charge on any atom is 0.438 e. The number of aliphatic hydroxyl groups is 1. The van der Waals surface area contributed by atoms with Gasteiger partial charge in [-0.05, 0) is 10.8 Å². The molecule has 0 radical (unpaired) electrons. The SMILES string of the molecule is NNC(=O)N1N=C(c2cccc3ccccc23)CC1(O)C(F)(F)F. The van der Waals surface area contributed by atoms with Gasteiger partial charge in [-0.1, -0.05) is 42.5 Å². The molecule has 1 aliphatic heterocycles. The van der Waals surface area contributed by atoms with Crippen molar-refractivity contribution < 1.29 is 23.1 Å². The van der Waals surface area contributed by atoms with Gasteiger partial charge in [-0.25, -0.2) is 10.6 Å². The molecule has 0 spiro atoms. The second kappa shape index (κ2) is 5.46. The number of amides is 2. The van der Waals surface area contributed by atoms with E-state index >= 15 is 0 Å². The molecule has 0 aliphatic carbocycles. The molecular formula is C15H13F3N4O2. The summed E-state index contributed by atoms with van der Waals surface area (Å²) in [6.07, 6.45) is -5.99. The van der Waals surface area contributed by atoms with Gasteiger partial charge in [0.2, 0.25) is 0 Å². The highest BCUT2D eigenvalue weighted by Gasteiger charge is 2.63.